The van der Waals surface area contributed by atoms with Crippen LogP contribution in [0.4, 0.5) is 0 Å². The van der Waals surface area contributed by atoms with Gasteiger partial charge in [-0.25, -0.2) is 8.42 Å². The van der Waals surface area contributed by atoms with Gasteiger partial charge in [0.15, 0.2) is 11.5 Å². The maximum Gasteiger partial charge on any atom is 0.243 e. The molecule has 0 atom stereocenters. The van der Waals surface area contributed by atoms with E-state index in [2.05, 4.69) is 5.32 Å². The van der Waals surface area contributed by atoms with E-state index >= 15 is 0 Å². The van der Waals surface area contributed by atoms with E-state index in [0.29, 0.717) is 43.3 Å². The molecule has 3 rings (SSSR count). The first-order valence-electron chi connectivity index (χ1n) is 10.5. The summed E-state index contributed by atoms with van der Waals surface area (Å²) < 4.78 is 37.8. The third-order valence-corrected chi connectivity index (χ3v) is 8.00. The third kappa shape index (κ3) is 5.22. The fourth-order valence-corrected chi connectivity index (χ4v) is 5.75. The standard InChI is InChI=1S/C21H32N2O5S/c1-27-19-9-8-18(14-20(19)28-2)29(25,26)23-12-10-17(11-13-23)21(24)22-15-16-6-4-3-5-7-16/h8-9,14,16-17H,3-7,10-13,15H2,1-2H3,(H,22,24). The summed E-state index contributed by atoms with van der Waals surface area (Å²) in [4.78, 5) is 12.7. The second kappa shape index (κ2) is 9.80. The molecule has 0 spiro atoms. The molecule has 1 aromatic carbocycles. The lowest BCUT2D eigenvalue weighted by molar-refractivity contribution is -0.126. The molecule has 1 N–H and O–H groups in total. The summed E-state index contributed by atoms with van der Waals surface area (Å²) in [6, 6.07) is 4.61. The summed E-state index contributed by atoms with van der Waals surface area (Å²) in [6.07, 6.45) is 7.30. The van der Waals surface area contributed by atoms with Crippen molar-refractivity contribution >= 4 is 15.9 Å². The molecule has 0 bridgehead atoms. The molecule has 2 aliphatic rings. The number of sulfonamides is 1. The number of ether oxygens (including phenoxy) is 2. The zero-order valence-corrected chi connectivity index (χ0v) is 18.2. The van der Waals surface area contributed by atoms with Crippen molar-refractivity contribution in [3.63, 3.8) is 0 Å². The maximum atomic E-state index is 13.0. The van der Waals surface area contributed by atoms with E-state index in [1.807, 2.05) is 0 Å². The molecule has 1 amide bonds. The van der Waals surface area contributed by atoms with Crippen LogP contribution in [0.2, 0.25) is 0 Å². The molecule has 0 radical (unpaired) electrons. The van der Waals surface area contributed by atoms with Crippen molar-refractivity contribution in [2.75, 3.05) is 33.9 Å². The first-order valence-corrected chi connectivity index (χ1v) is 11.9. The number of carbonyl (C=O) groups is 1. The van der Waals surface area contributed by atoms with Crippen LogP contribution in [0.3, 0.4) is 0 Å². The number of rotatable bonds is 7. The Balaban J connectivity index is 1.55. The highest BCUT2D eigenvalue weighted by Crippen LogP contribution is 2.32. The van der Waals surface area contributed by atoms with E-state index in [4.69, 9.17) is 9.47 Å². The fraction of sp³-hybridized carbons (Fsp3) is 0.667. The van der Waals surface area contributed by atoms with Gasteiger partial charge >= 0.3 is 0 Å². The number of methoxy groups -OCH3 is 2. The molecule has 1 aliphatic heterocycles. The molecular formula is C21H32N2O5S. The normalized spacial score (nSPS) is 19.7. The van der Waals surface area contributed by atoms with Crippen molar-refractivity contribution in [1.29, 1.82) is 0 Å². The molecule has 1 saturated carbocycles. The number of carbonyl (C=O) groups excluding carboxylic acids is 1. The molecule has 1 aliphatic carbocycles. The van der Waals surface area contributed by atoms with Crippen LogP contribution in [0.25, 0.3) is 0 Å². The van der Waals surface area contributed by atoms with E-state index in [-0.39, 0.29) is 16.7 Å². The van der Waals surface area contributed by atoms with Crippen LogP contribution in [-0.4, -0.2) is 52.5 Å². The highest BCUT2D eigenvalue weighted by Gasteiger charge is 2.32. The minimum Gasteiger partial charge on any atom is -0.493 e. The van der Waals surface area contributed by atoms with Crippen LogP contribution in [0.5, 0.6) is 11.5 Å². The van der Waals surface area contributed by atoms with E-state index < -0.39 is 10.0 Å². The summed E-state index contributed by atoms with van der Waals surface area (Å²) in [7, 11) is -0.644. The van der Waals surface area contributed by atoms with Crippen molar-refractivity contribution in [2.45, 2.75) is 49.8 Å². The van der Waals surface area contributed by atoms with Gasteiger partial charge in [0.05, 0.1) is 19.1 Å². The molecule has 1 heterocycles. The number of hydrogen-bond acceptors (Lipinski definition) is 5. The van der Waals surface area contributed by atoms with Crippen molar-refractivity contribution in [1.82, 2.24) is 9.62 Å². The van der Waals surface area contributed by atoms with E-state index in [9.17, 15) is 13.2 Å². The average Bonchev–Trinajstić information content (AvgIpc) is 2.77. The minimum absolute atomic E-state index is 0.0683. The van der Waals surface area contributed by atoms with Gasteiger partial charge in [0, 0.05) is 31.6 Å². The largest absolute Gasteiger partial charge is 0.493 e. The van der Waals surface area contributed by atoms with E-state index in [0.717, 1.165) is 6.54 Å². The van der Waals surface area contributed by atoms with Crippen molar-refractivity contribution < 1.29 is 22.7 Å². The van der Waals surface area contributed by atoms with Crippen molar-refractivity contribution in [2.24, 2.45) is 11.8 Å². The third-order valence-electron chi connectivity index (χ3n) is 6.11. The predicted octanol–water partition coefficient (Wildman–Crippen LogP) is 2.80. The lowest BCUT2D eigenvalue weighted by Gasteiger charge is -2.31. The number of nitrogens with zero attached hydrogens (tertiary/aromatic N) is 1. The molecule has 0 aromatic heterocycles. The summed E-state index contributed by atoms with van der Waals surface area (Å²) in [6.45, 7) is 1.44. The van der Waals surface area contributed by atoms with Gasteiger partial charge in [-0.15, -0.1) is 0 Å². The zero-order chi connectivity index (χ0) is 20.9. The van der Waals surface area contributed by atoms with Crippen LogP contribution in [0.1, 0.15) is 44.9 Å². The number of amides is 1. The number of hydrogen-bond donors (Lipinski definition) is 1. The van der Waals surface area contributed by atoms with Crippen molar-refractivity contribution in [3.05, 3.63) is 18.2 Å². The van der Waals surface area contributed by atoms with Gasteiger partial charge in [0.25, 0.3) is 0 Å². The predicted molar refractivity (Wildman–Crippen MR) is 111 cm³/mol. The van der Waals surface area contributed by atoms with Crippen LogP contribution >= 0.6 is 0 Å². The SMILES string of the molecule is COc1ccc(S(=O)(=O)N2CCC(C(=O)NCC3CCCCC3)CC2)cc1OC. The van der Waals surface area contributed by atoms with Crippen LogP contribution in [0.15, 0.2) is 23.1 Å². The second-order valence-electron chi connectivity index (χ2n) is 7.94. The molecule has 29 heavy (non-hydrogen) atoms. The van der Waals surface area contributed by atoms with Crippen molar-refractivity contribution in [3.8, 4) is 11.5 Å². The molecule has 0 unspecified atom stereocenters. The first-order chi connectivity index (χ1) is 14.0. The molecule has 1 aromatic rings. The second-order valence-corrected chi connectivity index (χ2v) is 9.88. The summed E-state index contributed by atoms with van der Waals surface area (Å²) in [5, 5.41) is 3.10. The fourth-order valence-electron chi connectivity index (χ4n) is 4.26. The number of benzene rings is 1. The highest BCUT2D eigenvalue weighted by molar-refractivity contribution is 7.89. The number of piperidine rings is 1. The van der Waals surface area contributed by atoms with E-state index in [1.165, 1.54) is 62.8 Å². The van der Waals surface area contributed by atoms with Gasteiger partial charge in [0.1, 0.15) is 0 Å². The molecule has 2 fully saturated rings. The molecule has 1 saturated heterocycles. The highest BCUT2D eigenvalue weighted by atomic mass is 32.2. The Morgan fingerprint density at radius 1 is 1.03 bits per heavy atom. The number of nitrogens with one attached hydrogen (secondary N) is 1. The first kappa shape index (κ1) is 21.9. The topological polar surface area (TPSA) is 84.9 Å². The summed E-state index contributed by atoms with van der Waals surface area (Å²) >= 11 is 0. The van der Waals surface area contributed by atoms with Gasteiger partial charge in [-0.2, -0.15) is 4.31 Å². The van der Waals surface area contributed by atoms with E-state index in [1.54, 1.807) is 6.07 Å². The quantitative estimate of drug-likeness (QED) is 0.728. The van der Waals surface area contributed by atoms with Gasteiger partial charge in [-0.1, -0.05) is 19.3 Å². The Labute approximate surface area is 173 Å². The summed E-state index contributed by atoms with van der Waals surface area (Å²) in [5.74, 6) is 1.41. The zero-order valence-electron chi connectivity index (χ0n) is 17.4. The van der Waals surface area contributed by atoms with Crippen LogP contribution in [-0.2, 0) is 14.8 Å². The monoisotopic (exact) mass is 424 g/mol. The molecule has 7 nitrogen and oxygen atoms in total. The lowest BCUT2D eigenvalue weighted by atomic mass is 9.89. The molecular weight excluding hydrogens is 392 g/mol. The average molecular weight is 425 g/mol. The van der Waals surface area contributed by atoms with Gasteiger partial charge in [-0.3, -0.25) is 4.79 Å². The van der Waals surface area contributed by atoms with Gasteiger partial charge < -0.3 is 14.8 Å². The summed E-state index contributed by atoms with van der Waals surface area (Å²) in [5.41, 5.74) is 0. The van der Waals surface area contributed by atoms with Crippen LogP contribution in [0, 0.1) is 11.8 Å². The Kier molecular flexibility index (Phi) is 7.40. The molecule has 162 valence electrons. The maximum absolute atomic E-state index is 13.0. The minimum atomic E-state index is -3.63. The lowest BCUT2D eigenvalue weighted by Crippen LogP contribution is -2.43. The van der Waals surface area contributed by atoms with Gasteiger partial charge in [-0.05, 0) is 43.7 Å². The Hall–Kier alpha value is -1.80. The van der Waals surface area contributed by atoms with Gasteiger partial charge in [0.2, 0.25) is 15.9 Å². The Bertz CT molecular complexity index is 797. The van der Waals surface area contributed by atoms with Crippen LogP contribution < -0.4 is 14.8 Å². The Morgan fingerprint density at radius 2 is 1.69 bits per heavy atom. The Morgan fingerprint density at radius 3 is 2.31 bits per heavy atom. The molecule has 8 heteroatoms. The smallest absolute Gasteiger partial charge is 0.243 e.